The van der Waals surface area contributed by atoms with E-state index in [9.17, 15) is 0 Å². The average Bonchev–Trinajstić information content (AvgIpc) is 2.97. The lowest BCUT2D eigenvalue weighted by Crippen LogP contribution is -2.18. The molecule has 1 fully saturated rings. The third-order valence-electron chi connectivity index (χ3n) is 3.44. The normalized spacial score (nSPS) is 24.3. The molecule has 17 heavy (non-hydrogen) atoms. The number of hydrogen-bond donors (Lipinski definition) is 1. The van der Waals surface area contributed by atoms with E-state index in [0.29, 0.717) is 12.1 Å². The minimum atomic E-state index is 0.411. The monoisotopic (exact) mass is 248 g/mol. The SMILES string of the molecule is COC1CCC(Nc2nccc3sccc23)C1. The molecule has 2 heterocycles. The van der Waals surface area contributed by atoms with Gasteiger partial charge < -0.3 is 10.1 Å². The predicted octanol–water partition coefficient (Wildman–Crippen LogP) is 3.28. The molecule has 2 atom stereocenters. The lowest BCUT2D eigenvalue weighted by molar-refractivity contribution is 0.108. The van der Waals surface area contributed by atoms with E-state index in [1.54, 1.807) is 18.4 Å². The Hall–Kier alpha value is -1.13. The molecule has 0 aromatic carbocycles. The zero-order valence-electron chi connectivity index (χ0n) is 9.85. The third-order valence-corrected chi connectivity index (χ3v) is 4.32. The fraction of sp³-hybridized carbons (Fsp3) is 0.462. The van der Waals surface area contributed by atoms with Gasteiger partial charge in [-0.2, -0.15) is 0 Å². The Kier molecular flexibility index (Phi) is 2.99. The van der Waals surface area contributed by atoms with E-state index >= 15 is 0 Å². The van der Waals surface area contributed by atoms with E-state index < -0.39 is 0 Å². The summed E-state index contributed by atoms with van der Waals surface area (Å²) in [7, 11) is 1.80. The summed E-state index contributed by atoms with van der Waals surface area (Å²) in [5.41, 5.74) is 0. The quantitative estimate of drug-likeness (QED) is 0.905. The zero-order valence-corrected chi connectivity index (χ0v) is 10.7. The zero-order chi connectivity index (χ0) is 11.7. The molecule has 0 bridgehead atoms. The topological polar surface area (TPSA) is 34.1 Å². The molecule has 4 heteroatoms. The van der Waals surface area contributed by atoms with Crippen molar-refractivity contribution in [2.75, 3.05) is 12.4 Å². The van der Waals surface area contributed by atoms with Gasteiger partial charge in [-0.05, 0) is 36.8 Å². The molecule has 0 aliphatic heterocycles. The van der Waals surface area contributed by atoms with Gasteiger partial charge in [-0.1, -0.05) is 0 Å². The molecule has 1 saturated carbocycles. The first-order valence-corrected chi connectivity index (χ1v) is 6.86. The summed E-state index contributed by atoms with van der Waals surface area (Å²) in [5, 5.41) is 6.90. The highest BCUT2D eigenvalue weighted by Crippen LogP contribution is 2.29. The van der Waals surface area contributed by atoms with Crippen LogP contribution in [0.15, 0.2) is 23.7 Å². The van der Waals surface area contributed by atoms with Crippen LogP contribution in [0.25, 0.3) is 10.1 Å². The maximum atomic E-state index is 5.39. The number of fused-ring (bicyclic) bond motifs is 1. The van der Waals surface area contributed by atoms with Gasteiger partial charge in [0.15, 0.2) is 0 Å². The summed E-state index contributed by atoms with van der Waals surface area (Å²) in [6.45, 7) is 0. The Morgan fingerprint density at radius 1 is 1.41 bits per heavy atom. The highest BCUT2D eigenvalue weighted by atomic mass is 32.1. The third kappa shape index (κ3) is 2.15. The fourth-order valence-corrected chi connectivity index (χ4v) is 3.27. The van der Waals surface area contributed by atoms with Crippen molar-refractivity contribution in [2.45, 2.75) is 31.4 Å². The van der Waals surface area contributed by atoms with Crippen molar-refractivity contribution in [2.24, 2.45) is 0 Å². The van der Waals surface area contributed by atoms with Crippen LogP contribution in [0.4, 0.5) is 5.82 Å². The molecule has 3 nitrogen and oxygen atoms in total. The number of rotatable bonds is 3. The lowest BCUT2D eigenvalue weighted by Gasteiger charge is -2.14. The lowest BCUT2D eigenvalue weighted by atomic mass is 10.2. The van der Waals surface area contributed by atoms with Crippen LogP contribution in [0.1, 0.15) is 19.3 Å². The van der Waals surface area contributed by atoms with Gasteiger partial charge >= 0.3 is 0 Å². The van der Waals surface area contributed by atoms with E-state index in [4.69, 9.17) is 4.74 Å². The van der Waals surface area contributed by atoms with Crippen LogP contribution in [0.5, 0.6) is 0 Å². The maximum Gasteiger partial charge on any atom is 0.134 e. The van der Waals surface area contributed by atoms with Gasteiger partial charge in [-0.15, -0.1) is 11.3 Å². The predicted molar refractivity (Wildman–Crippen MR) is 71.7 cm³/mol. The van der Waals surface area contributed by atoms with Gasteiger partial charge in [0.05, 0.1) is 6.10 Å². The number of thiophene rings is 1. The van der Waals surface area contributed by atoms with Crippen molar-refractivity contribution in [1.82, 2.24) is 4.98 Å². The highest BCUT2D eigenvalue weighted by Gasteiger charge is 2.24. The highest BCUT2D eigenvalue weighted by molar-refractivity contribution is 7.17. The second-order valence-corrected chi connectivity index (χ2v) is 5.45. The van der Waals surface area contributed by atoms with Crippen molar-refractivity contribution in [3.8, 4) is 0 Å². The summed E-state index contributed by atoms with van der Waals surface area (Å²) in [6.07, 6.45) is 5.69. The molecule has 0 amide bonds. The van der Waals surface area contributed by atoms with Crippen LogP contribution >= 0.6 is 11.3 Å². The minimum Gasteiger partial charge on any atom is -0.381 e. The van der Waals surface area contributed by atoms with Crippen LogP contribution in [-0.4, -0.2) is 24.2 Å². The number of anilines is 1. The van der Waals surface area contributed by atoms with Crippen LogP contribution in [0.3, 0.4) is 0 Å². The first-order valence-electron chi connectivity index (χ1n) is 5.98. The molecule has 0 saturated heterocycles. The molecule has 3 rings (SSSR count). The number of methoxy groups -OCH3 is 1. The van der Waals surface area contributed by atoms with Crippen molar-refractivity contribution in [3.05, 3.63) is 23.7 Å². The molecule has 1 N–H and O–H groups in total. The first kappa shape index (κ1) is 11.0. The Labute approximate surface area is 105 Å². The summed E-state index contributed by atoms with van der Waals surface area (Å²) in [5.74, 6) is 1.02. The van der Waals surface area contributed by atoms with Gasteiger partial charge in [-0.25, -0.2) is 4.98 Å². The summed E-state index contributed by atoms with van der Waals surface area (Å²) in [6, 6.07) is 4.70. The summed E-state index contributed by atoms with van der Waals surface area (Å²) < 4.78 is 6.69. The molecular weight excluding hydrogens is 232 g/mol. The van der Waals surface area contributed by atoms with Crippen molar-refractivity contribution in [1.29, 1.82) is 0 Å². The largest absolute Gasteiger partial charge is 0.381 e. The molecule has 0 radical (unpaired) electrons. The van der Waals surface area contributed by atoms with Gasteiger partial charge in [0, 0.05) is 29.4 Å². The standard InChI is InChI=1S/C13H16N2OS/c1-16-10-3-2-9(8-10)15-13-11-5-7-17-12(11)4-6-14-13/h4-7,9-10H,2-3,8H2,1H3,(H,14,15). The Morgan fingerprint density at radius 3 is 3.18 bits per heavy atom. The number of pyridine rings is 1. The second kappa shape index (κ2) is 4.63. The summed E-state index contributed by atoms with van der Waals surface area (Å²) >= 11 is 1.76. The smallest absolute Gasteiger partial charge is 0.134 e. The number of ether oxygens (including phenoxy) is 1. The molecule has 2 unspecified atom stereocenters. The maximum absolute atomic E-state index is 5.39. The number of aromatic nitrogens is 1. The second-order valence-electron chi connectivity index (χ2n) is 4.50. The van der Waals surface area contributed by atoms with Crippen LogP contribution in [0, 0.1) is 0 Å². The van der Waals surface area contributed by atoms with Crippen molar-refractivity contribution in [3.63, 3.8) is 0 Å². The van der Waals surface area contributed by atoms with Gasteiger partial charge in [0.2, 0.25) is 0 Å². The minimum absolute atomic E-state index is 0.411. The molecule has 2 aromatic rings. The van der Waals surface area contributed by atoms with Gasteiger partial charge in [0.25, 0.3) is 0 Å². The van der Waals surface area contributed by atoms with Crippen LogP contribution < -0.4 is 5.32 Å². The van der Waals surface area contributed by atoms with Crippen molar-refractivity contribution < 1.29 is 4.74 Å². The van der Waals surface area contributed by atoms with E-state index in [1.807, 2.05) is 6.20 Å². The first-order chi connectivity index (χ1) is 8.36. The fourth-order valence-electron chi connectivity index (χ4n) is 2.49. The van der Waals surface area contributed by atoms with Gasteiger partial charge in [0.1, 0.15) is 5.82 Å². The molecule has 1 aliphatic rings. The average molecular weight is 248 g/mol. The number of nitrogens with one attached hydrogen (secondary N) is 1. The Balaban J connectivity index is 1.79. The van der Waals surface area contributed by atoms with E-state index in [-0.39, 0.29) is 0 Å². The van der Waals surface area contributed by atoms with Crippen LogP contribution in [-0.2, 0) is 4.74 Å². The Bertz CT molecular complexity index is 511. The molecule has 1 aliphatic carbocycles. The van der Waals surface area contributed by atoms with Gasteiger partial charge in [-0.3, -0.25) is 0 Å². The summed E-state index contributed by atoms with van der Waals surface area (Å²) in [4.78, 5) is 4.45. The molecule has 90 valence electrons. The van der Waals surface area contributed by atoms with E-state index in [1.165, 1.54) is 16.5 Å². The molecule has 2 aromatic heterocycles. The molecular formula is C13H16N2OS. The van der Waals surface area contributed by atoms with Crippen molar-refractivity contribution >= 4 is 27.2 Å². The van der Waals surface area contributed by atoms with Crippen LogP contribution in [0.2, 0.25) is 0 Å². The van der Waals surface area contributed by atoms with E-state index in [2.05, 4.69) is 27.8 Å². The Morgan fingerprint density at radius 2 is 2.35 bits per heavy atom. The number of hydrogen-bond acceptors (Lipinski definition) is 4. The molecule has 0 spiro atoms. The van der Waals surface area contributed by atoms with E-state index in [0.717, 1.165) is 18.7 Å². The number of nitrogens with zero attached hydrogens (tertiary/aromatic N) is 1.